The minimum atomic E-state index is 0.382. The first-order valence-corrected chi connectivity index (χ1v) is 16.5. The fourth-order valence-electron chi connectivity index (χ4n) is 9.99. The fourth-order valence-corrected chi connectivity index (χ4v) is 10.2. The first-order chi connectivity index (χ1) is 17.7. The van der Waals surface area contributed by atoms with Gasteiger partial charge in [0, 0.05) is 12.0 Å². The van der Waals surface area contributed by atoms with E-state index in [2.05, 4.69) is 51.4 Å². The average molecular weight is 526 g/mol. The van der Waals surface area contributed by atoms with Crippen LogP contribution in [0.3, 0.4) is 0 Å². The van der Waals surface area contributed by atoms with E-state index in [4.69, 9.17) is 17.3 Å². The molecular weight excluding hydrogens is 470 g/mol. The molecule has 7 atom stereocenters. The zero-order valence-corrected chi connectivity index (χ0v) is 25.4. The van der Waals surface area contributed by atoms with Crippen LogP contribution in [0.4, 0.5) is 0 Å². The van der Waals surface area contributed by atoms with Gasteiger partial charge in [0.05, 0.1) is 5.71 Å². The summed E-state index contributed by atoms with van der Waals surface area (Å²) in [5.41, 5.74) is 7.21. The van der Waals surface area contributed by atoms with Crippen LogP contribution in [0, 0.1) is 46.3 Å². The van der Waals surface area contributed by atoms with E-state index in [0.717, 1.165) is 34.7 Å². The van der Waals surface area contributed by atoms with Gasteiger partial charge in [0.25, 0.3) is 0 Å². The quantitative estimate of drug-likeness (QED) is 0.257. The highest BCUT2D eigenvalue weighted by Gasteiger charge is 2.60. The molecule has 0 radical (unpaired) electrons. The largest absolute Gasteiger partial charge is 0.359 e. The van der Waals surface area contributed by atoms with E-state index in [1.165, 1.54) is 102 Å². The van der Waals surface area contributed by atoms with Crippen LogP contribution in [0.2, 0.25) is 0 Å². The summed E-state index contributed by atoms with van der Waals surface area (Å²) in [4.78, 5) is 0. The Bertz CT molecular complexity index is 886. The molecule has 4 saturated carbocycles. The number of hydrazone groups is 1. The number of nitrogens with one attached hydrogen (secondary N) is 2. The molecule has 2 N–H and O–H groups in total. The van der Waals surface area contributed by atoms with E-state index in [1.807, 2.05) is 0 Å². The molecule has 5 aliphatic carbocycles. The first kappa shape index (κ1) is 27.7. The molecule has 3 nitrogen and oxygen atoms in total. The lowest BCUT2D eigenvalue weighted by atomic mass is 9.46. The Morgan fingerprint density at radius 2 is 1.76 bits per heavy atom. The fraction of sp³-hybridized carbons (Fsp3) is 0.879. The number of hydrogen-bond acceptors (Lipinski definition) is 2. The summed E-state index contributed by atoms with van der Waals surface area (Å²) in [6.07, 6.45) is 22.8. The van der Waals surface area contributed by atoms with Crippen molar-refractivity contribution in [2.45, 2.75) is 137 Å². The maximum atomic E-state index is 5.72. The molecule has 0 aromatic rings. The first-order valence-electron chi connectivity index (χ1n) is 16.1. The maximum absolute atomic E-state index is 5.72. The molecule has 37 heavy (non-hydrogen) atoms. The van der Waals surface area contributed by atoms with Crippen LogP contribution < -0.4 is 10.7 Å². The van der Waals surface area contributed by atoms with E-state index in [-0.39, 0.29) is 0 Å². The molecule has 208 valence electrons. The smallest absolute Gasteiger partial charge is 0.187 e. The third kappa shape index (κ3) is 5.44. The van der Waals surface area contributed by atoms with E-state index >= 15 is 0 Å². The minimum absolute atomic E-state index is 0.382. The number of thiocarbonyl (C=S) groups is 1. The Kier molecular flexibility index (Phi) is 8.45. The Morgan fingerprint density at radius 3 is 2.51 bits per heavy atom. The van der Waals surface area contributed by atoms with E-state index in [0.29, 0.717) is 22.8 Å². The molecular formula is C33H55N3S. The normalized spacial score (nSPS) is 39.6. The standard InChI is InChI=1S/C33H55N3S/c1-22(2)11-10-12-23(3)26-16-17-27-30-28(18-20-33(26,27)5)32(4)19-9-8-13-24(32)21-29(30)35-36-31(37)34-25-14-6-7-15-25/h21-23,25-28,30H,6-20H2,1-5H3,(H2,34,36,37)/b35-29+/t23-,26-,27+,28+,30+,32+,33-/m1/s1. The topological polar surface area (TPSA) is 36.4 Å². The second kappa shape index (κ2) is 11.3. The second-order valence-corrected chi connectivity index (χ2v) is 15.1. The molecule has 0 saturated heterocycles. The molecule has 0 aliphatic heterocycles. The van der Waals surface area contributed by atoms with Crippen molar-refractivity contribution in [3.8, 4) is 0 Å². The summed E-state index contributed by atoms with van der Waals surface area (Å²) in [7, 11) is 0. The van der Waals surface area contributed by atoms with Crippen molar-refractivity contribution in [1.82, 2.24) is 10.7 Å². The number of allylic oxidation sites excluding steroid dienone is 2. The molecule has 0 aromatic heterocycles. The molecule has 4 heteroatoms. The average Bonchev–Trinajstić information content (AvgIpc) is 3.49. The van der Waals surface area contributed by atoms with Crippen LogP contribution in [0.5, 0.6) is 0 Å². The lowest BCUT2D eigenvalue weighted by Gasteiger charge is -2.58. The lowest BCUT2D eigenvalue weighted by Crippen LogP contribution is -2.53. The predicted molar refractivity (Wildman–Crippen MR) is 162 cm³/mol. The van der Waals surface area contributed by atoms with Crippen molar-refractivity contribution in [3.63, 3.8) is 0 Å². The van der Waals surface area contributed by atoms with Crippen molar-refractivity contribution in [2.75, 3.05) is 0 Å². The van der Waals surface area contributed by atoms with Gasteiger partial charge in [0.2, 0.25) is 0 Å². The van der Waals surface area contributed by atoms with Crippen molar-refractivity contribution in [1.29, 1.82) is 0 Å². The molecule has 5 aliphatic rings. The van der Waals surface area contributed by atoms with Gasteiger partial charge in [-0.2, -0.15) is 5.10 Å². The van der Waals surface area contributed by atoms with Gasteiger partial charge < -0.3 is 5.32 Å². The van der Waals surface area contributed by atoms with Gasteiger partial charge >= 0.3 is 0 Å². The molecule has 0 aromatic carbocycles. The van der Waals surface area contributed by atoms with Crippen molar-refractivity contribution in [2.24, 2.45) is 51.4 Å². The molecule has 0 heterocycles. The lowest BCUT2D eigenvalue weighted by molar-refractivity contribution is -0.0215. The Morgan fingerprint density at radius 1 is 0.973 bits per heavy atom. The minimum Gasteiger partial charge on any atom is -0.359 e. The molecule has 0 unspecified atom stereocenters. The van der Waals surface area contributed by atoms with Gasteiger partial charge in [-0.05, 0) is 117 Å². The number of fused-ring (bicyclic) bond motifs is 5. The zero-order valence-electron chi connectivity index (χ0n) is 24.6. The highest BCUT2D eigenvalue weighted by molar-refractivity contribution is 7.80. The Hall–Kier alpha value is -0.900. The van der Waals surface area contributed by atoms with E-state index in [9.17, 15) is 0 Å². The van der Waals surface area contributed by atoms with E-state index < -0.39 is 0 Å². The van der Waals surface area contributed by atoms with Crippen LogP contribution in [0.25, 0.3) is 0 Å². The van der Waals surface area contributed by atoms with E-state index in [1.54, 1.807) is 5.57 Å². The van der Waals surface area contributed by atoms with Gasteiger partial charge in [-0.3, -0.25) is 5.43 Å². The highest BCUT2D eigenvalue weighted by Crippen LogP contribution is 2.66. The zero-order chi connectivity index (χ0) is 26.2. The summed E-state index contributed by atoms with van der Waals surface area (Å²) in [6, 6.07) is 0.532. The molecule has 0 amide bonds. The van der Waals surface area contributed by atoms with Gasteiger partial charge in [-0.1, -0.05) is 78.7 Å². The van der Waals surface area contributed by atoms with Gasteiger partial charge in [-0.15, -0.1) is 0 Å². The molecule has 4 fully saturated rings. The van der Waals surface area contributed by atoms with Crippen LogP contribution >= 0.6 is 12.2 Å². The number of hydrogen-bond donors (Lipinski definition) is 2. The predicted octanol–water partition coefficient (Wildman–Crippen LogP) is 8.79. The van der Waals surface area contributed by atoms with Gasteiger partial charge in [-0.25, -0.2) is 0 Å². The summed E-state index contributed by atoms with van der Waals surface area (Å²) >= 11 is 5.72. The SMILES string of the molecule is CC(C)CCC[C@@H](C)[C@H]1CC[C@H]2[C@@H]3/C(=N/NC(=S)NC4CCCC4)C=C4CCCC[C@]4(C)[C@H]3CC[C@]12C. The summed E-state index contributed by atoms with van der Waals surface area (Å²) in [5, 5.41) is 9.43. The van der Waals surface area contributed by atoms with Crippen LogP contribution in [-0.4, -0.2) is 16.9 Å². The monoisotopic (exact) mass is 525 g/mol. The van der Waals surface area contributed by atoms with Crippen molar-refractivity contribution < 1.29 is 0 Å². The van der Waals surface area contributed by atoms with Gasteiger partial charge in [0.1, 0.15) is 0 Å². The highest BCUT2D eigenvalue weighted by atomic mass is 32.1. The van der Waals surface area contributed by atoms with Crippen molar-refractivity contribution in [3.05, 3.63) is 11.6 Å². The van der Waals surface area contributed by atoms with Crippen LogP contribution in [0.1, 0.15) is 131 Å². The maximum Gasteiger partial charge on any atom is 0.187 e. The van der Waals surface area contributed by atoms with Crippen LogP contribution in [-0.2, 0) is 0 Å². The number of nitrogens with zero attached hydrogens (tertiary/aromatic N) is 1. The Labute approximate surface area is 233 Å². The number of rotatable bonds is 7. The summed E-state index contributed by atoms with van der Waals surface area (Å²) in [5.74, 6) is 4.63. The molecule has 0 spiro atoms. The molecule has 0 bridgehead atoms. The third-order valence-electron chi connectivity index (χ3n) is 12.1. The van der Waals surface area contributed by atoms with Crippen LogP contribution in [0.15, 0.2) is 16.8 Å². The molecule has 5 rings (SSSR count). The Balaban J connectivity index is 1.38. The summed E-state index contributed by atoms with van der Waals surface area (Å²) < 4.78 is 0. The van der Waals surface area contributed by atoms with Gasteiger partial charge in [0.15, 0.2) is 5.11 Å². The third-order valence-corrected chi connectivity index (χ3v) is 12.3. The van der Waals surface area contributed by atoms with Crippen molar-refractivity contribution >= 4 is 23.0 Å². The second-order valence-electron chi connectivity index (χ2n) is 14.7. The summed E-state index contributed by atoms with van der Waals surface area (Å²) in [6.45, 7) is 12.6.